The standard InChI is InChI=1S/C15H25NS/c1-2-14-10-11-15(17-14)7-5-3-4-6-12-16-13-8-9-13/h10-11,13,16H,2-9,12H2,1H3. The third-order valence-corrected chi connectivity index (χ3v) is 4.72. The first-order valence-electron chi connectivity index (χ1n) is 7.19. The zero-order valence-electron chi connectivity index (χ0n) is 11.0. The van der Waals surface area contributed by atoms with Gasteiger partial charge in [-0.05, 0) is 57.2 Å². The molecule has 2 heteroatoms. The second kappa shape index (κ2) is 7.17. The highest BCUT2D eigenvalue weighted by atomic mass is 32.1. The molecule has 1 heterocycles. The molecule has 0 amide bonds. The fourth-order valence-corrected chi connectivity index (χ4v) is 3.12. The molecule has 0 aliphatic heterocycles. The van der Waals surface area contributed by atoms with Crippen LogP contribution in [0, 0.1) is 0 Å². The van der Waals surface area contributed by atoms with E-state index in [0.29, 0.717) is 0 Å². The highest BCUT2D eigenvalue weighted by Crippen LogP contribution is 2.20. The Labute approximate surface area is 110 Å². The van der Waals surface area contributed by atoms with Gasteiger partial charge in [-0.1, -0.05) is 19.8 Å². The molecule has 17 heavy (non-hydrogen) atoms. The molecular formula is C15H25NS. The summed E-state index contributed by atoms with van der Waals surface area (Å²) in [6.07, 6.45) is 10.8. The molecule has 96 valence electrons. The van der Waals surface area contributed by atoms with Crippen molar-refractivity contribution in [1.82, 2.24) is 5.32 Å². The summed E-state index contributed by atoms with van der Waals surface area (Å²) in [5, 5.41) is 3.58. The largest absolute Gasteiger partial charge is 0.314 e. The van der Waals surface area contributed by atoms with E-state index in [1.54, 1.807) is 4.88 Å². The number of unbranched alkanes of at least 4 members (excludes halogenated alkanes) is 3. The van der Waals surface area contributed by atoms with Crippen molar-refractivity contribution in [2.75, 3.05) is 6.54 Å². The van der Waals surface area contributed by atoms with Gasteiger partial charge in [-0.15, -0.1) is 11.3 Å². The minimum absolute atomic E-state index is 0.883. The van der Waals surface area contributed by atoms with Crippen molar-refractivity contribution in [2.24, 2.45) is 0 Å². The number of nitrogens with one attached hydrogen (secondary N) is 1. The second-order valence-electron chi connectivity index (χ2n) is 5.11. The van der Waals surface area contributed by atoms with Gasteiger partial charge in [-0.3, -0.25) is 0 Å². The molecule has 0 aromatic carbocycles. The van der Waals surface area contributed by atoms with Crippen LogP contribution in [0.4, 0.5) is 0 Å². The van der Waals surface area contributed by atoms with Crippen LogP contribution in [0.25, 0.3) is 0 Å². The lowest BCUT2D eigenvalue weighted by Gasteiger charge is -2.02. The Bertz CT molecular complexity index is 314. The Morgan fingerprint density at radius 3 is 2.59 bits per heavy atom. The minimum Gasteiger partial charge on any atom is -0.314 e. The summed E-state index contributed by atoms with van der Waals surface area (Å²) in [5.74, 6) is 0. The molecule has 1 aromatic rings. The maximum absolute atomic E-state index is 3.58. The maximum atomic E-state index is 3.58. The van der Waals surface area contributed by atoms with Gasteiger partial charge in [0.25, 0.3) is 0 Å². The van der Waals surface area contributed by atoms with Crippen molar-refractivity contribution in [2.45, 2.75) is 64.3 Å². The van der Waals surface area contributed by atoms with E-state index in [2.05, 4.69) is 24.4 Å². The smallest absolute Gasteiger partial charge is 0.00682 e. The first-order chi connectivity index (χ1) is 8.38. The topological polar surface area (TPSA) is 12.0 Å². The molecule has 1 aromatic heterocycles. The minimum atomic E-state index is 0.883. The molecular weight excluding hydrogens is 226 g/mol. The Morgan fingerprint density at radius 2 is 1.88 bits per heavy atom. The average molecular weight is 251 g/mol. The van der Waals surface area contributed by atoms with Gasteiger partial charge in [0.2, 0.25) is 0 Å². The van der Waals surface area contributed by atoms with Crippen LogP contribution in [-0.4, -0.2) is 12.6 Å². The normalized spacial score (nSPS) is 15.4. The molecule has 1 aliphatic rings. The van der Waals surface area contributed by atoms with E-state index >= 15 is 0 Å². The monoisotopic (exact) mass is 251 g/mol. The average Bonchev–Trinajstić information content (AvgIpc) is 3.05. The molecule has 1 nitrogen and oxygen atoms in total. The van der Waals surface area contributed by atoms with E-state index in [-0.39, 0.29) is 0 Å². The van der Waals surface area contributed by atoms with Crippen LogP contribution in [0.5, 0.6) is 0 Å². The summed E-state index contributed by atoms with van der Waals surface area (Å²) in [4.78, 5) is 3.12. The highest BCUT2D eigenvalue weighted by Gasteiger charge is 2.19. The summed E-state index contributed by atoms with van der Waals surface area (Å²) in [5.41, 5.74) is 0. The number of aryl methyl sites for hydroxylation is 2. The van der Waals surface area contributed by atoms with Crippen molar-refractivity contribution in [1.29, 1.82) is 0 Å². The van der Waals surface area contributed by atoms with Gasteiger partial charge in [0.15, 0.2) is 0 Å². The van der Waals surface area contributed by atoms with Crippen molar-refractivity contribution in [3.63, 3.8) is 0 Å². The lowest BCUT2D eigenvalue weighted by Crippen LogP contribution is -2.17. The predicted octanol–water partition coefficient (Wildman–Crippen LogP) is 4.17. The lowest BCUT2D eigenvalue weighted by molar-refractivity contribution is 0.586. The molecule has 0 saturated heterocycles. The van der Waals surface area contributed by atoms with Gasteiger partial charge >= 0.3 is 0 Å². The molecule has 1 N–H and O–H groups in total. The van der Waals surface area contributed by atoms with Crippen LogP contribution < -0.4 is 5.32 Å². The van der Waals surface area contributed by atoms with E-state index in [0.717, 1.165) is 6.04 Å². The van der Waals surface area contributed by atoms with Gasteiger partial charge < -0.3 is 5.32 Å². The molecule has 1 fully saturated rings. The van der Waals surface area contributed by atoms with E-state index in [1.807, 2.05) is 11.3 Å². The third-order valence-electron chi connectivity index (χ3n) is 3.43. The van der Waals surface area contributed by atoms with E-state index in [1.165, 1.54) is 62.8 Å². The van der Waals surface area contributed by atoms with Crippen LogP contribution in [0.15, 0.2) is 12.1 Å². The summed E-state index contributed by atoms with van der Waals surface area (Å²) in [7, 11) is 0. The number of hydrogen-bond acceptors (Lipinski definition) is 2. The molecule has 0 spiro atoms. The molecule has 0 bridgehead atoms. The third kappa shape index (κ3) is 5.22. The Balaban J connectivity index is 1.44. The van der Waals surface area contributed by atoms with E-state index in [4.69, 9.17) is 0 Å². The van der Waals surface area contributed by atoms with Crippen LogP contribution >= 0.6 is 11.3 Å². The SMILES string of the molecule is CCc1ccc(CCCCCCNC2CC2)s1. The first kappa shape index (κ1) is 13.1. The van der Waals surface area contributed by atoms with E-state index in [9.17, 15) is 0 Å². The summed E-state index contributed by atoms with van der Waals surface area (Å²) in [6, 6.07) is 5.49. The Hall–Kier alpha value is -0.340. The van der Waals surface area contributed by atoms with Crippen molar-refractivity contribution in [3.8, 4) is 0 Å². The first-order valence-corrected chi connectivity index (χ1v) is 8.01. The van der Waals surface area contributed by atoms with Gasteiger partial charge in [0.05, 0.1) is 0 Å². The zero-order chi connectivity index (χ0) is 11.9. The van der Waals surface area contributed by atoms with E-state index < -0.39 is 0 Å². The Kier molecular flexibility index (Phi) is 5.53. The number of rotatable bonds is 9. The number of hydrogen-bond donors (Lipinski definition) is 1. The molecule has 1 aliphatic carbocycles. The second-order valence-corrected chi connectivity index (χ2v) is 6.37. The lowest BCUT2D eigenvalue weighted by atomic mass is 10.1. The van der Waals surface area contributed by atoms with Gasteiger partial charge in [0, 0.05) is 15.8 Å². The zero-order valence-corrected chi connectivity index (χ0v) is 11.8. The molecule has 1 saturated carbocycles. The molecule has 0 radical (unpaired) electrons. The van der Waals surface area contributed by atoms with Gasteiger partial charge in [-0.25, -0.2) is 0 Å². The van der Waals surface area contributed by atoms with Crippen molar-refractivity contribution < 1.29 is 0 Å². The van der Waals surface area contributed by atoms with Crippen LogP contribution in [-0.2, 0) is 12.8 Å². The van der Waals surface area contributed by atoms with Crippen molar-refractivity contribution >= 4 is 11.3 Å². The van der Waals surface area contributed by atoms with Crippen LogP contribution in [0.1, 0.15) is 55.2 Å². The van der Waals surface area contributed by atoms with Gasteiger partial charge in [-0.2, -0.15) is 0 Å². The summed E-state index contributed by atoms with van der Waals surface area (Å²) >= 11 is 2.00. The maximum Gasteiger partial charge on any atom is 0.00682 e. The summed E-state index contributed by atoms with van der Waals surface area (Å²) in [6.45, 7) is 3.48. The highest BCUT2D eigenvalue weighted by molar-refractivity contribution is 7.11. The van der Waals surface area contributed by atoms with Crippen LogP contribution in [0.3, 0.4) is 0 Å². The predicted molar refractivity (Wildman–Crippen MR) is 76.9 cm³/mol. The summed E-state index contributed by atoms with van der Waals surface area (Å²) < 4.78 is 0. The molecule has 2 rings (SSSR count). The fourth-order valence-electron chi connectivity index (χ4n) is 2.12. The molecule has 0 atom stereocenters. The Morgan fingerprint density at radius 1 is 1.12 bits per heavy atom. The molecule has 0 unspecified atom stereocenters. The quantitative estimate of drug-likeness (QED) is 0.650. The fraction of sp³-hybridized carbons (Fsp3) is 0.733. The van der Waals surface area contributed by atoms with Crippen molar-refractivity contribution in [3.05, 3.63) is 21.9 Å². The van der Waals surface area contributed by atoms with Crippen LogP contribution in [0.2, 0.25) is 0 Å². The van der Waals surface area contributed by atoms with Gasteiger partial charge in [0.1, 0.15) is 0 Å². The number of thiophene rings is 1.